The first-order chi connectivity index (χ1) is 6.68. The minimum absolute atomic E-state index is 0.0470. The summed E-state index contributed by atoms with van der Waals surface area (Å²) in [5.41, 5.74) is 2.51. The molecule has 0 aromatic heterocycles. The van der Waals surface area contributed by atoms with Gasteiger partial charge in [-0.25, -0.2) is 0 Å². The molecule has 74 valence electrons. The van der Waals surface area contributed by atoms with Crippen molar-refractivity contribution in [3.05, 3.63) is 35.5 Å². The molecular weight excluding hydrogens is 172 g/mol. The third-order valence-electron chi connectivity index (χ3n) is 3.42. The molecule has 0 saturated carbocycles. The maximum Gasteiger partial charge on any atom is 0.182 e. The van der Waals surface area contributed by atoms with Crippen LogP contribution in [0.1, 0.15) is 33.1 Å². The van der Waals surface area contributed by atoms with E-state index in [4.69, 9.17) is 0 Å². The number of allylic oxidation sites excluding steroid dienone is 6. The van der Waals surface area contributed by atoms with Gasteiger partial charge in [0.15, 0.2) is 5.78 Å². The summed E-state index contributed by atoms with van der Waals surface area (Å²) in [5, 5.41) is 0. The number of rotatable bonds is 0. The molecule has 1 nitrogen and oxygen atoms in total. The van der Waals surface area contributed by atoms with E-state index in [0.29, 0.717) is 0 Å². The molecule has 1 atom stereocenters. The number of carbonyl (C=O) groups excluding carboxylic acids is 1. The summed E-state index contributed by atoms with van der Waals surface area (Å²) >= 11 is 0. The highest BCUT2D eigenvalue weighted by molar-refractivity contribution is 6.08. The summed E-state index contributed by atoms with van der Waals surface area (Å²) in [6.45, 7) is 4.13. The molecule has 1 spiro atoms. The molecule has 2 aliphatic carbocycles. The predicted molar refractivity (Wildman–Crippen MR) is 57.9 cm³/mol. The van der Waals surface area contributed by atoms with Gasteiger partial charge in [-0.1, -0.05) is 23.8 Å². The lowest BCUT2D eigenvalue weighted by Crippen LogP contribution is -2.22. The zero-order valence-electron chi connectivity index (χ0n) is 8.84. The van der Waals surface area contributed by atoms with Gasteiger partial charge in [0.1, 0.15) is 0 Å². The van der Waals surface area contributed by atoms with Crippen LogP contribution >= 0.6 is 0 Å². The van der Waals surface area contributed by atoms with E-state index in [0.717, 1.165) is 24.8 Å². The van der Waals surface area contributed by atoms with Crippen LogP contribution in [0.4, 0.5) is 0 Å². The van der Waals surface area contributed by atoms with Crippen molar-refractivity contribution in [2.24, 2.45) is 5.41 Å². The second-order valence-corrected chi connectivity index (χ2v) is 4.31. The van der Waals surface area contributed by atoms with Crippen LogP contribution in [0.3, 0.4) is 0 Å². The van der Waals surface area contributed by atoms with Crippen molar-refractivity contribution < 1.29 is 4.79 Å². The van der Waals surface area contributed by atoms with E-state index in [1.165, 1.54) is 5.57 Å². The fourth-order valence-electron chi connectivity index (χ4n) is 2.47. The molecule has 0 bridgehead atoms. The minimum atomic E-state index is 0.0470. The van der Waals surface area contributed by atoms with Gasteiger partial charge in [-0.3, -0.25) is 4.79 Å². The van der Waals surface area contributed by atoms with E-state index in [2.05, 4.69) is 19.1 Å². The van der Waals surface area contributed by atoms with Gasteiger partial charge in [-0.15, -0.1) is 0 Å². The fourth-order valence-corrected chi connectivity index (χ4v) is 2.47. The van der Waals surface area contributed by atoms with Crippen LogP contribution in [-0.2, 0) is 4.79 Å². The number of carbonyl (C=O) groups is 1. The summed E-state index contributed by atoms with van der Waals surface area (Å²) in [6, 6.07) is 0. The van der Waals surface area contributed by atoms with Crippen molar-refractivity contribution in [3.63, 3.8) is 0 Å². The van der Waals surface area contributed by atoms with Gasteiger partial charge in [0.25, 0.3) is 0 Å². The van der Waals surface area contributed by atoms with Crippen LogP contribution in [0.2, 0.25) is 0 Å². The molecule has 2 aliphatic rings. The van der Waals surface area contributed by atoms with Gasteiger partial charge in [0, 0.05) is 11.0 Å². The Morgan fingerprint density at radius 3 is 2.86 bits per heavy atom. The molecular formula is C13H16O. The van der Waals surface area contributed by atoms with Gasteiger partial charge < -0.3 is 0 Å². The minimum Gasteiger partial charge on any atom is -0.290 e. The lowest BCUT2D eigenvalue weighted by atomic mass is 9.72. The Morgan fingerprint density at radius 2 is 2.29 bits per heavy atom. The molecule has 0 aliphatic heterocycles. The third kappa shape index (κ3) is 1.28. The van der Waals surface area contributed by atoms with E-state index in [9.17, 15) is 4.79 Å². The van der Waals surface area contributed by atoms with E-state index in [1.807, 2.05) is 13.0 Å². The average Bonchev–Trinajstić information content (AvgIpc) is 2.49. The lowest BCUT2D eigenvalue weighted by Gasteiger charge is -2.31. The average molecular weight is 188 g/mol. The molecule has 0 amide bonds. The Morgan fingerprint density at radius 1 is 1.50 bits per heavy atom. The zero-order valence-corrected chi connectivity index (χ0v) is 8.84. The van der Waals surface area contributed by atoms with Crippen LogP contribution in [0.15, 0.2) is 35.5 Å². The van der Waals surface area contributed by atoms with Crippen molar-refractivity contribution in [3.8, 4) is 0 Å². The Balaban J connectivity index is 2.35. The third-order valence-corrected chi connectivity index (χ3v) is 3.42. The fraction of sp³-hybridized carbons (Fsp3) is 0.462. The molecule has 0 aromatic carbocycles. The maximum atomic E-state index is 11.6. The van der Waals surface area contributed by atoms with Gasteiger partial charge in [-0.05, 0) is 39.2 Å². The van der Waals surface area contributed by atoms with Crippen LogP contribution in [0, 0.1) is 5.41 Å². The smallest absolute Gasteiger partial charge is 0.182 e. The summed E-state index contributed by atoms with van der Waals surface area (Å²) in [5.74, 6) is 0.209. The van der Waals surface area contributed by atoms with E-state index < -0.39 is 0 Å². The Kier molecular flexibility index (Phi) is 2.18. The molecule has 0 aromatic rings. The number of ketones is 1. The Bertz CT molecular complexity index is 357. The largest absolute Gasteiger partial charge is 0.290 e. The summed E-state index contributed by atoms with van der Waals surface area (Å²) in [7, 11) is 0. The number of hydrogen-bond donors (Lipinski definition) is 0. The lowest BCUT2D eigenvalue weighted by molar-refractivity contribution is -0.111. The van der Waals surface area contributed by atoms with Gasteiger partial charge in [0.05, 0.1) is 0 Å². The van der Waals surface area contributed by atoms with E-state index in [1.54, 1.807) is 6.08 Å². The van der Waals surface area contributed by atoms with Gasteiger partial charge >= 0.3 is 0 Å². The first kappa shape index (κ1) is 9.45. The highest BCUT2D eigenvalue weighted by Gasteiger charge is 2.38. The van der Waals surface area contributed by atoms with Crippen molar-refractivity contribution in [2.75, 3.05) is 0 Å². The number of hydrogen-bond acceptors (Lipinski definition) is 1. The van der Waals surface area contributed by atoms with Crippen LogP contribution < -0.4 is 0 Å². The predicted octanol–water partition coefficient (Wildman–Crippen LogP) is 3.19. The van der Waals surface area contributed by atoms with Crippen molar-refractivity contribution in [2.45, 2.75) is 33.1 Å². The Labute approximate surface area is 85.2 Å². The van der Waals surface area contributed by atoms with E-state index >= 15 is 0 Å². The first-order valence-corrected chi connectivity index (χ1v) is 5.24. The second-order valence-electron chi connectivity index (χ2n) is 4.31. The summed E-state index contributed by atoms with van der Waals surface area (Å²) < 4.78 is 0. The highest BCUT2D eigenvalue weighted by atomic mass is 16.1. The Hall–Kier alpha value is -1.11. The summed E-state index contributed by atoms with van der Waals surface area (Å²) in [6.07, 6.45) is 11.3. The monoisotopic (exact) mass is 188 g/mol. The standard InChI is InChI=1S/C13H16O/c1-3-11-12(14)6-9-13(11)7-4-10(2)5-8-13/h3-4,6,9H,5,7-8H2,1-2H3/b11-3+. The van der Waals surface area contributed by atoms with Crippen LogP contribution in [0.25, 0.3) is 0 Å². The topological polar surface area (TPSA) is 17.1 Å². The molecule has 1 unspecified atom stereocenters. The van der Waals surface area contributed by atoms with Gasteiger partial charge in [0.2, 0.25) is 0 Å². The molecule has 2 rings (SSSR count). The molecule has 0 heterocycles. The van der Waals surface area contributed by atoms with Crippen molar-refractivity contribution in [1.29, 1.82) is 0 Å². The normalized spacial score (nSPS) is 34.3. The highest BCUT2D eigenvalue weighted by Crippen LogP contribution is 2.46. The maximum absolute atomic E-state index is 11.6. The van der Waals surface area contributed by atoms with Crippen molar-refractivity contribution >= 4 is 5.78 Å². The molecule has 14 heavy (non-hydrogen) atoms. The molecule has 0 N–H and O–H groups in total. The molecule has 1 heteroatoms. The molecule has 0 radical (unpaired) electrons. The van der Waals surface area contributed by atoms with Crippen LogP contribution in [-0.4, -0.2) is 5.78 Å². The van der Waals surface area contributed by atoms with E-state index in [-0.39, 0.29) is 11.2 Å². The quantitative estimate of drug-likeness (QED) is 0.421. The molecule has 0 fully saturated rings. The zero-order chi connectivity index (χ0) is 10.2. The second kappa shape index (κ2) is 3.23. The van der Waals surface area contributed by atoms with Gasteiger partial charge in [-0.2, -0.15) is 0 Å². The SMILES string of the molecule is C/C=C1\C(=O)C=CC12CC=C(C)CC2. The first-order valence-electron chi connectivity index (χ1n) is 5.24. The van der Waals surface area contributed by atoms with Crippen LogP contribution in [0.5, 0.6) is 0 Å². The summed E-state index contributed by atoms with van der Waals surface area (Å²) in [4.78, 5) is 11.6. The molecule has 0 saturated heterocycles. The van der Waals surface area contributed by atoms with Crippen molar-refractivity contribution in [1.82, 2.24) is 0 Å².